The lowest BCUT2D eigenvalue weighted by molar-refractivity contribution is -0.143. The lowest BCUT2D eigenvalue weighted by atomic mass is 9.85. The summed E-state index contributed by atoms with van der Waals surface area (Å²) in [5, 5.41) is 8.96. The molecule has 0 aromatic rings. The average molecular weight is 225 g/mol. The summed E-state index contributed by atoms with van der Waals surface area (Å²) in [7, 11) is 0. The second kappa shape index (κ2) is 4.00. The zero-order valence-electron chi connectivity index (χ0n) is 9.47. The smallest absolute Gasteiger partial charge is 0.306 e. The fourth-order valence-corrected chi connectivity index (χ4v) is 3.53. The molecule has 2 heterocycles. The molecular weight excluding hydrogens is 206 g/mol. The lowest BCUT2D eigenvalue weighted by Gasteiger charge is -2.38. The summed E-state index contributed by atoms with van der Waals surface area (Å²) in [6.45, 7) is 1.97. The van der Waals surface area contributed by atoms with Crippen molar-refractivity contribution in [2.45, 2.75) is 50.3 Å². The van der Waals surface area contributed by atoms with E-state index in [1.807, 2.05) is 0 Å². The molecule has 2 atom stereocenters. The highest BCUT2D eigenvalue weighted by Crippen LogP contribution is 2.35. The molecule has 1 aliphatic carbocycles. The van der Waals surface area contributed by atoms with Gasteiger partial charge in [-0.1, -0.05) is 0 Å². The Morgan fingerprint density at radius 3 is 2.44 bits per heavy atom. The van der Waals surface area contributed by atoms with Gasteiger partial charge in [0.25, 0.3) is 0 Å². The van der Waals surface area contributed by atoms with Crippen molar-refractivity contribution in [2.75, 3.05) is 13.2 Å². The summed E-state index contributed by atoms with van der Waals surface area (Å²) in [5.74, 6) is -0.697. The second-order valence-electron chi connectivity index (χ2n) is 5.39. The predicted molar refractivity (Wildman–Crippen MR) is 58.2 cm³/mol. The van der Waals surface area contributed by atoms with Gasteiger partial charge in [0, 0.05) is 18.6 Å². The molecule has 4 nitrogen and oxygen atoms in total. The number of carbonyl (C=O) groups is 1. The Morgan fingerprint density at radius 1 is 1.19 bits per heavy atom. The van der Waals surface area contributed by atoms with E-state index in [0.717, 1.165) is 38.8 Å². The van der Waals surface area contributed by atoms with Crippen LogP contribution in [-0.2, 0) is 9.53 Å². The molecule has 3 rings (SSSR count). The van der Waals surface area contributed by atoms with Gasteiger partial charge in [0.15, 0.2) is 0 Å². The first-order chi connectivity index (χ1) is 7.74. The van der Waals surface area contributed by atoms with Gasteiger partial charge in [-0.25, -0.2) is 0 Å². The summed E-state index contributed by atoms with van der Waals surface area (Å²) in [6.07, 6.45) is 5.48. The topological polar surface area (TPSA) is 49.8 Å². The van der Waals surface area contributed by atoms with E-state index in [1.54, 1.807) is 0 Å². The average Bonchev–Trinajstić information content (AvgIpc) is 2.91. The van der Waals surface area contributed by atoms with Gasteiger partial charge in [-0.15, -0.1) is 0 Å². The van der Waals surface area contributed by atoms with Crippen LogP contribution in [0.25, 0.3) is 0 Å². The van der Waals surface area contributed by atoms with Gasteiger partial charge < -0.3 is 9.84 Å². The molecule has 3 aliphatic rings. The number of hydrogen-bond donors (Lipinski definition) is 1. The largest absolute Gasteiger partial charge is 0.481 e. The Labute approximate surface area is 95.6 Å². The maximum Gasteiger partial charge on any atom is 0.306 e. The van der Waals surface area contributed by atoms with Gasteiger partial charge >= 0.3 is 5.97 Å². The van der Waals surface area contributed by atoms with Crippen molar-refractivity contribution in [3.63, 3.8) is 0 Å². The molecule has 2 saturated heterocycles. The standard InChI is InChI=1S/C12H19NO3/c14-12(15)8-1-3-9(4-2-8)13-6-11-5-10(13)7-16-11/h8-11H,1-7H2,(H,14,15)/t8?,9?,10-,11+/m0/s1. The molecule has 1 N–H and O–H groups in total. The van der Waals surface area contributed by atoms with E-state index in [2.05, 4.69) is 4.90 Å². The zero-order valence-corrected chi connectivity index (χ0v) is 9.47. The van der Waals surface area contributed by atoms with Crippen molar-refractivity contribution in [3.8, 4) is 0 Å². The van der Waals surface area contributed by atoms with Crippen LogP contribution in [0.4, 0.5) is 0 Å². The molecule has 2 aliphatic heterocycles. The Balaban J connectivity index is 1.56. The quantitative estimate of drug-likeness (QED) is 0.764. The number of carboxylic acids is 1. The third-order valence-electron chi connectivity index (χ3n) is 4.46. The number of rotatable bonds is 2. The number of likely N-dealkylation sites (tertiary alicyclic amines) is 1. The van der Waals surface area contributed by atoms with Crippen LogP contribution in [0.2, 0.25) is 0 Å². The Kier molecular flexibility index (Phi) is 2.64. The molecule has 3 fully saturated rings. The molecule has 2 bridgehead atoms. The molecule has 90 valence electrons. The number of ether oxygens (including phenoxy) is 1. The zero-order chi connectivity index (χ0) is 11.1. The highest BCUT2D eigenvalue weighted by molar-refractivity contribution is 5.70. The van der Waals surface area contributed by atoms with Crippen molar-refractivity contribution in [3.05, 3.63) is 0 Å². The van der Waals surface area contributed by atoms with E-state index in [-0.39, 0.29) is 5.92 Å². The summed E-state index contributed by atoms with van der Waals surface area (Å²) in [5.41, 5.74) is 0. The van der Waals surface area contributed by atoms with Crippen molar-refractivity contribution in [2.24, 2.45) is 5.92 Å². The number of aliphatic carboxylic acids is 1. The van der Waals surface area contributed by atoms with Crippen LogP contribution in [0, 0.1) is 5.92 Å². The minimum atomic E-state index is -0.607. The monoisotopic (exact) mass is 225 g/mol. The van der Waals surface area contributed by atoms with Gasteiger partial charge in [-0.05, 0) is 32.1 Å². The minimum absolute atomic E-state index is 0.0905. The van der Waals surface area contributed by atoms with Crippen LogP contribution in [0.3, 0.4) is 0 Å². The van der Waals surface area contributed by atoms with Crippen molar-refractivity contribution in [1.82, 2.24) is 4.90 Å². The maximum atomic E-state index is 10.9. The van der Waals surface area contributed by atoms with Crippen LogP contribution in [0.1, 0.15) is 32.1 Å². The van der Waals surface area contributed by atoms with E-state index in [0.29, 0.717) is 18.2 Å². The first kappa shape index (κ1) is 10.5. The molecule has 0 aromatic carbocycles. The highest BCUT2D eigenvalue weighted by Gasteiger charge is 2.43. The molecule has 4 heteroatoms. The van der Waals surface area contributed by atoms with Gasteiger partial charge in [-0.2, -0.15) is 0 Å². The van der Waals surface area contributed by atoms with Gasteiger partial charge in [-0.3, -0.25) is 9.69 Å². The normalized spacial score (nSPS) is 43.8. The third-order valence-corrected chi connectivity index (χ3v) is 4.46. The molecule has 0 radical (unpaired) electrons. The molecule has 0 unspecified atom stereocenters. The summed E-state index contributed by atoms with van der Waals surface area (Å²) < 4.78 is 5.60. The number of nitrogens with zero attached hydrogens (tertiary/aromatic N) is 1. The van der Waals surface area contributed by atoms with Crippen LogP contribution in [0.15, 0.2) is 0 Å². The van der Waals surface area contributed by atoms with Crippen LogP contribution < -0.4 is 0 Å². The number of fused-ring (bicyclic) bond motifs is 2. The summed E-state index contributed by atoms with van der Waals surface area (Å²) in [4.78, 5) is 13.5. The minimum Gasteiger partial charge on any atom is -0.481 e. The second-order valence-corrected chi connectivity index (χ2v) is 5.39. The van der Waals surface area contributed by atoms with Gasteiger partial charge in [0.05, 0.1) is 18.6 Å². The third kappa shape index (κ3) is 1.74. The van der Waals surface area contributed by atoms with Crippen LogP contribution >= 0.6 is 0 Å². The molecule has 1 saturated carbocycles. The van der Waals surface area contributed by atoms with Crippen LogP contribution in [0.5, 0.6) is 0 Å². The van der Waals surface area contributed by atoms with Crippen LogP contribution in [-0.4, -0.2) is 47.3 Å². The Hall–Kier alpha value is -0.610. The van der Waals surface area contributed by atoms with Crippen molar-refractivity contribution >= 4 is 5.97 Å². The Morgan fingerprint density at radius 2 is 1.94 bits per heavy atom. The number of carboxylic acid groups (broad SMARTS) is 1. The highest BCUT2D eigenvalue weighted by atomic mass is 16.5. The fraction of sp³-hybridized carbons (Fsp3) is 0.917. The van der Waals surface area contributed by atoms with Gasteiger partial charge in [0.1, 0.15) is 0 Å². The number of morpholine rings is 1. The lowest BCUT2D eigenvalue weighted by Crippen LogP contribution is -2.46. The summed E-state index contributed by atoms with van der Waals surface area (Å²) >= 11 is 0. The first-order valence-corrected chi connectivity index (χ1v) is 6.34. The first-order valence-electron chi connectivity index (χ1n) is 6.34. The maximum absolute atomic E-state index is 10.9. The number of hydrogen-bond acceptors (Lipinski definition) is 3. The molecule has 0 amide bonds. The Bertz CT molecular complexity index is 286. The van der Waals surface area contributed by atoms with E-state index in [1.165, 1.54) is 6.42 Å². The van der Waals surface area contributed by atoms with E-state index in [9.17, 15) is 4.79 Å². The molecule has 0 spiro atoms. The molecule has 0 aromatic heterocycles. The SMILES string of the molecule is O=C(O)C1CCC(N2C[C@H]3C[C@H]2CO3)CC1. The van der Waals surface area contributed by atoms with Crippen molar-refractivity contribution < 1.29 is 14.6 Å². The molecular formula is C12H19NO3. The van der Waals surface area contributed by atoms with Crippen molar-refractivity contribution in [1.29, 1.82) is 0 Å². The molecule has 16 heavy (non-hydrogen) atoms. The van der Waals surface area contributed by atoms with E-state index >= 15 is 0 Å². The van der Waals surface area contributed by atoms with E-state index in [4.69, 9.17) is 9.84 Å². The fourth-order valence-electron chi connectivity index (χ4n) is 3.53. The summed E-state index contributed by atoms with van der Waals surface area (Å²) in [6, 6.07) is 1.24. The predicted octanol–water partition coefficient (Wildman–Crippen LogP) is 1.10. The van der Waals surface area contributed by atoms with Gasteiger partial charge in [0.2, 0.25) is 0 Å². The van der Waals surface area contributed by atoms with E-state index < -0.39 is 5.97 Å².